The van der Waals surface area contributed by atoms with Crippen molar-refractivity contribution in [3.8, 4) is 0 Å². The molecule has 2 fully saturated rings. The van der Waals surface area contributed by atoms with E-state index < -0.39 is 29.4 Å². The van der Waals surface area contributed by atoms with Crippen molar-refractivity contribution < 1.29 is 28.8 Å². The lowest BCUT2D eigenvalue weighted by molar-refractivity contribution is -0.194. The van der Waals surface area contributed by atoms with Gasteiger partial charge in [0, 0.05) is 19.6 Å². The minimum absolute atomic E-state index is 0.00872. The summed E-state index contributed by atoms with van der Waals surface area (Å²) < 4.78 is 22.8. The summed E-state index contributed by atoms with van der Waals surface area (Å²) in [5.74, 6) is -0.169. The average molecular weight is 372 g/mol. The minimum atomic E-state index is -1.40. The molecule has 1 saturated carbocycles. The van der Waals surface area contributed by atoms with E-state index in [1.165, 1.54) is 14.2 Å². The third-order valence-electron chi connectivity index (χ3n) is 6.06. The van der Waals surface area contributed by atoms with Crippen LogP contribution in [0.2, 0.25) is 0 Å². The van der Waals surface area contributed by atoms with Crippen LogP contribution in [0.25, 0.3) is 0 Å². The predicted octanol–water partition coefficient (Wildman–Crippen LogP) is 2.30. The van der Waals surface area contributed by atoms with E-state index in [1.807, 2.05) is 18.2 Å². The van der Waals surface area contributed by atoms with Crippen molar-refractivity contribution in [2.45, 2.75) is 36.3 Å². The van der Waals surface area contributed by atoms with Gasteiger partial charge in [0.05, 0.1) is 7.11 Å². The quantitative estimate of drug-likeness (QED) is 0.632. The lowest BCUT2D eigenvalue weighted by Gasteiger charge is -2.39. The fourth-order valence-electron chi connectivity index (χ4n) is 4.79. The van der Waals surface area contributed by atoms with Crippen molar-refractivity contribution in [3.05, 3.63) is 59.9 Å². The number of hydrogen-bond acceptors (Lipinski definition) is 6. The van der Waals surface area contributed by atoms with Crippen LogP contribution in [0.4, 0.5) is 0 Å². The number of benzene rings is 1. The van der Waals surface area contributed by atoms with Crippen LogP contribution in [0.3, 0.4) is 0 Å². The first-order valence-electron chi connectivity index (χ1n) is 9.07. The van der Waals surface area contributed by atoms with Gasteiger partial charge in [0.2, 0.25) is 0 Å². The van der Waals surface area contributed by atoms with Gasteiger partial charge in [-0.2, -0.15) is 0 Å². The van der Waals surface area contributed by atoms with Gasteiger partial charge in [0.15, 0.2) is 17.8 Å². The molecule has 1 spiro atoms. The van der Waals surface area contributed by atoms with Crippen LogP contribution in [0.1, 0.15) is 24.5 Å². The molecule has 1 N–H and O–H groups in total. The van der Waals surface area contributed by atoms with Crippen molar-refractivity contribution in [3.63, 3.8) is 0 Å². The van der Waals surface area contributed by atoms with Crippen molar-refractivity contribution in [2.24, 2.45) is 5.92 Å². The fraction of sp³-hybridized carbons (Fsp3) is 0.476. The van der Waals surface area contributed by atoms with Crippen molar-refractivity contribution in [2.75, 3.05) is 20.8 Å². The Balaban J connectivity index is 1.67. The van der Waals surface area contributed by atoms with E-state index in [4.69, 9.17) is 18.9 Å². The molecule has 27 heavy (non-hydrogen) atoms. The smallest absolute Gasteiger partial charge is 0.340 e. The normalized spacial score (nSPS) is 35.4. The third-order valence-corrected chi connectivity index (χ3v) is 6.06. The molecule has 0 aromatic heterocycles. The molecule has 1 heterocycles. The zero-order valence-electron chi connectivity index (χ0n) is 15.5. The zero-order chi connectivity index (χ0) is 19.2. The Morgan fingerprint density at radius 1 is 1.33 bits per heavy atom. The molecular formula is C21H24O6. The summed E-state index contributed by atoms with van der Waals surface area (Å²) in [6, 6.07) is 9.14. The molecular weight excluding hydrogens is 348 g/mol. The maximum atomic E-state index is 13.0. The molecule has 1 aliphatic heterocycles. The molecule has 0 unspecified atom stereocenters. The van der Waals surface area contributed by atoms with Gasteiger partial charge in [-0.3, -0.25) is 0 Å². The van der Waals surface area contributed by atoms with E-state index in [0.717, 1.165) is 6.42 Å². The molecule has 2 aliphatic carbocycles. The first kappa shape index (κ1) is 18.2. The van der Waals surface area contributed by atoms with Crippen LogP contribution in [0.5, 0.6) is 0 Å². The number of ether oxygens (including phenoxy) is 4. The molecule has 3 aliphatic rings. The van der Waals surface area contributed by atoms with Crippen molar-refractivity contribution in [1.29, 1.82) is 0 Å². The van der Waals surface area contributed by atoms with Crippen LogP contribution in [0, 0.1) is 5.92 Å². The number of carbonyl (C=O) groups is 1. The number of methoxy groups -OCH3 is 2. The molecule has 5 atom stereocenters. The SMILES string of the molecule is C=C1C[C@H]2CCO[C@]23[C@@H](OC(=O)[C@@H](OC)c2ccccc2)C(OC)=C[C@]13O. The minimum Gasteiger partial charge on any atom is -0.497 e. The van der Waals surface area contributed by atoms with E-state index >= 15 is 0 Å². The van der Waals surface area contributed by atoms with E-state index in [1.54, 1.807) is 18.2 Å². The maximum absolute atomic E-state index is 13.0. The fourth-order valence-corrected chi connectivity index (χ4v) is 4.79. The van der Waals surface area contributed by atoms with E-state index in [9.17, 15) is 9.90 Å². The number of rotatable bonds is 5. The monoisotopic (exact) mass is 372 g/mol. The number of aliphatic hydroxyl groups is 1. The highest BCUT2D eigenvalue weighted by atomic mass is 16.6. The average Bonchev–Trinajstić information content (AvgIpc) is 3.25. The second-order valence-electron chi connectivity index (χ2n) is 7.30. The Morgan fingerprint density at radius 3 is 2.74 bits per heavy atom. The van der Waals surface area contributed by atoms with E-state index in [0.29, 0.717) is 29.9 Å². The van der Waals surface area contributed by atoms with Gasteiger partial charge < -0.3 is 24.1 Å². The van der Waals surface area contributed by atoms with Crippen LogP contribution >= 0.6 is 0 Å². The molecule has 1 aromatic rings. The molecule has 144 valence electrons. The van der Waals surface area contributed by atoms with Gasteiger partial charge in [-0.25, -0.2) is 4.79 Å². The summed E-state index contributed by atoms with van der Waals surface area (Å²) in [6.07, 6.45) is 1.26. The molecule has 4 rings (SSSR count). The second-order valence-corrected chi connectivity index (χ2v) is 7.30. The standard InChI is InChI=1S/C21H24O6/c1-13-11-15-9-10-26-21(15)18(16(24-2)12-20(13,21)23)27-19(22)17(25-3)14-7-5-4-6-8-14/h4-8,12,15,17-18,23H,1,9-11H2,2-3H3/t15-,17+,18+,20+,21+/m1/s1. The largest absolute Gasteiger partial charge is 0.497 e. The topological polar surface area (TPSA) is 74.2 Å². The first-order chi connectivity index (χ1) is 13.0. The summed E-state index contributed by atoms with van der Waals surface area (Å²) in [5, 5.41) is 11.4. The second kappa shape index (κ2) is 6.48. The molecule has 0 radical (unpaired) electrons. The van der Waals surface area contributed by atoms with Crippen molar-refractivity contribution >= 4 is 5.97 Å². The Morgan fingerprint density at radius 2 is 2.07 bits per heavy atom. The van der Waals surface area contributed by atoms with Crippen LogP contribution in [0.15, 0.2) is 54.3 Å². The van der Waals surface area contributed by atoms with Gasteiger partial charge in [0.1, 0.15) is 11.4 Å². The van der Waals surface area contributed by atoms with E-state index in [2.05, 4.69) is 6.58 Å². The van der Waals surface area contributed by atoms with Crippen LogP contribution in [-0.2, 0) is 23.7 Å². The molecule has 6 nitrogen and oxygen atoms in total. The lowest BCUT2D eigenvalue weighted by Crippen LogP contribution is -2.57. The predicted molar refractivity (Wildman–Crippen MR) is 96.7 cm³/mol. The lowest BCUT2D eigenvalue weighted by atomic mass is 9.80. The van der Waals surface area contributed by atoms with Gasteiger partial charge in [-0.05, 0) is 30.1 Å². The molecule has 0 amide bonds. The molecule has 1 saturated heterocycles. The Labute approximate surface area is 158 Å². The number of carbonyl (C=O) groups excluding carboxylic acids is 1. The molecule has 6 heteroatoms. The van der Waals surface area contributed by atoms with Crippen LogP contribution < -0.4 is 0 Å². The Hall–Kier alpha value is -2.15. The van der Waals surface area contributed by atoms with Gasteiger partial charge in [0.25, 0.3) is 0 Å². The first-order valence-corrected chi connectivity index (χ1v) is 9.07. The molecule has 0 bridgehead atoms. The van der Waals surface area contributed by atoms with Gasteiger partial charge >= 0.3 is 5.97 Å². The highest BCUT2D eigenvalue weighted by Gasteiger charge is 2.73. The van der Waals surface area contributed by atoms with Crippen LogP contribution in [-0.4, -0.2) is 49.2 Å². The highest BCUT2D eigenvalue weighted by molar-refractivity contribution is 5.77. The Bertz CT molecular complexity index is 787. The maximum Gasteiger partial charge on any atom is 0.340 e. The van der Waals surface area contributed by atoms with E-state index in [-0.39, 0.29) is 5.92 Å². The van der Waals surface area contributed by atoms with Crippen molar-refractivity contribution in [1.82, 2.24) is 0 Å². The number of esters is 1. The molecule has 1 aromatic carbocycles. The van der Waals surface area contributed by atoms with Gasteiger partial charge in [-0.15, -0.1) is 0 Å². The Kier molecular flexibility index (Phi) is 4.37. The third kappa shape index (κ3) is 2.40. The zero-order valence-corrected chi connectivity index (χ0v) is 15.5. The van der Waals surface area contributed by atoms with Gasteiger partial charge in [-0.1, -0.05) is 36.9 Å². The summed E-state index contributed by atoms with van der Waals surface area (Å²) in [7, 11) is 2.95. The summed E-state index contributed by atoms with van der Waals surface area (Å²) in [4.78, 5) is 13.0. The number of hydrogen-bond donors (Lipinski definition) is 1. The summed E-state index contributed by atoms with van der Waals surface area (Å²) in [5.41, 5.74) is -1.13. The summed E-state index contributed by atoms with van der Waals surface area (Å²) in [6.45, 7) is 4.52. The highest BCUT2D eigenvalue weighted by Crippen LogP contribution is 2.61. The summed E-state index contributed by atoms with van der Waals surface area (Å²) >= 11 is 0.